The SMILES string of the molecule is COc1cccc(NC2CC(OC)C2)c1N. The molecule has 3 N–H and O–H groups in total. The van der Waals surface area contributed by atoms with E-state index in [0.717, 1.165) is 18.5 Å². The molecule has 16 heavy (non-hydrogen) atoms. The first kappa shape index (κ1) is 11.1. The molecule has 1 fully saturated rings. The molecule has 1 saturated carbocycles. The molecule has 0 amide bonds. The molecular formula is C12H18N2O2. The van der Waals surface area contributed by atoms with Gasteiger partial charge in [0.25, 0.3) is 0 Å². The second-order valence-corrected chi connectivity index (χ2v) is 4.09. The van der Waals surface area contributed by atoms with E-state index < -0.39 is 0 Å². The van der Waals surface area contributed by atoms with Crippen molar-refractivity contribution in [1.82, 2.24) is 0 Å². The summed E-state index contributed by atoms with van der Waals surface area (Å²) < 4.78 is 10.4. The molecule has 0 heterocycles. The lowest BCUT2D eigenvalue weighted by molar-refractivity contribution is 0.0329. The van der Waals surface area contributed by atoms with E-state index in [0.29, 0.717) is 23.6 Å². The molecule has 0 radical (unpaired) electrons. The average molecular weight is 222 g/mol. The van der Waals surface area contributed by atoms with Crippen molar-refractivity contribution in [2.24, 2.45) is 0 Å². The molecule has 1 aromatic rings. The van der Waals surface area contributed by atoms with Crippen molar-refractivity contribution < 1.29 is 9.47 Å². The molecule has 1 aromatic carbocycles. The van der Waals surface area contributed by atoms with Crippen LogP contribution >= 0.6 is 0 Å². The molecule has 0 aromatic heterocycles. The van der Waals surface area contributed by atoms with Gasteiger partial charge in [0.15, 0.2) is 0 Å². The van der Waals surface area contributed by atoms with E-state index in [2.05, 4.69) is 5.32 Å². The van der Waals surface area contributed by atoms with E-state index in [9.17, 15) is 0 Å². The van der Waals surface area contributed by atoms with Crippen LogP contribution in [0.4, 0.5) is 11.4 Å². The summed E-state index contributed by atoms with van der Waals surface area (Å²) in [6.45, 7) is 0. The zero-order valence-corrected chi connectivity index (χ0v) is 9.69. The maximum absolute atomic E-state index is 5.97. The number of hydrogen-bond acceptors (Lipinski definition) is 4. The van der Waals surface area contributed by atoms with Gasteiger partial charge in [0.1, 0.15) is 5.75 Å². The molecule has 0 unspecified atom stereocenters. The number of anilines is 2. The predicted octanol–water partition coefficient (Wildman–Crippen LogP) is 1.87. The van der Waals surface area contributed by atoms with Crippen LogP contribution in [0.2, 0.25) is 0 Å². The van der Waals surface area contributed by atoms with E-state index in [1.807, 2.05) is 18.2 Å². The number of rotatable bonds is 4. The second kappa shape index (κ2) is 4.61. The number of benzene rings is 1. The van der Waals surface area contributed by atoms with Gasteiger partial charge in [-0.15, -0.1) is 0 Å². The number of ether oxygens (including phenoxy) is 2. The summed E-state index contributed by atoms with van der Waals surface area (Å²) in [5.74, 6) is 0.715. The number of para-hydroxylation sites is 1. The van der Waals surface area contributed by atoms with Gasteiger partial charge in [0.05, 0.1) is 24.6 Å². The smallest absolute Gasteiger partial charge is 0.143 e. The summed E-state index contributed by atoms with van der Waals surface area (Å²) in [5, 5.41) is 3.40. The normalized spacial score (nSPS) is 23.6. The monoisotopic (exact) mass is 222 g/mol. The number of nitrogen functional groups attached to an aromatic ring is 1. The molecule has 1 aliphatic rings. The van der Waals surface area contributed by atoms with Gasteiger partial charge in [-0.2, -0.15) is 0 Å². The Bertz CT molecular complexity index is 362. The van der Waals surface area contributed by atoms with Crippen LogP contribution in [0.25, 0.3) is 0 Å². The van der Waals surface area contributed by atoms with Crippen LogP contribution < -0.4 is 15.8 Å². The molecule has 1 aliphatic carbocycles. The van der Waals surface area contributed by atoms with Crippen molar-refractivity contribution in [3.05, 3.63) is 18.2 Å². The molecule has 0 atom stereocenters. The zero-order valence-electron chi connectivity index (χ0n) is 9.69. The molecular weight excluding hydrogens is 204 g/mol. The van der Waals surface area contributed by atoms with Crippen molar-refractivity contribution in [1.29, 1.82) is 0 Å². The van der Waals surface area contributed by atoms with Gasteiger partial charge >= 0.3 is 0 Å². The van der Waals surface area contributed by atoms with Gasteiger partial charge in [-0.05, 0) is 25.0 Å². The molecule has 88 valence electrons. The summed E-state index contributed by atoms with van der Waals surface area (Å²) >= 11 is 0. The minimum Gasteiger partial charge on any atom is -0.495 e. The molecule has 0 aliphatic heterocycles. The summed E-state index contributed by atoms with van der Waals surface area (Å²) in [6.07, 6.45) is 2.46. The highest BCUT2D eigenvalue weighted by molar-refractivity contribution is 5.73. The first-order valence-electron chi connectivity index (χ1n) is 5.46. The second-order valence-electron chi connectivity index (χ2n) is 4.09. The summed E-state index contributed by atoms with van der Waals surface area (Å²) in [4.78, 5) is 0. The maximum Gasteiger partial charge on any atom is 0.143 e. The molecule has 0 bridgehead atoms. The molecule has 4 heteroatoms. The number of methoxy groups -OCH3 is 2. The van der Waals surface area contributed by atoms with Crippen molar-refractivity contribution in [2.45, 2.75) is 25.0 Å². The number of nitrogens with two attached hydrogens (primary N) is 1. The van der Waals surface area contributed by atoms with Gasteiger partial charge in [0.2, 0.25) is 0 Å². The standard InChI is InChI=1S/C12H18N2O2/c1-15-9-6-8(7-9)14-10-4-3-5-11(16-2)12(10)13/h3-5,8-9,14H,6-7,13H2,1-2H3. The van der Waals surface area contributed by atoms with Gasteiger partial charge in [0, 0.05) is 13.2 Å². The van der Waals surface area contributed by atoms with Gasteiger partial charge in [-0.25, -0.2) is 0 Å². The van der Waals surface area contributed by atoms with E-state index >= 15 is 0 Å². The average Bonchev–Trinajstić information content (AvgIpc) is 2.25. The van der Waals surface area contributed by atoms with Crippen LogP contribution in [0.5, 0.6) is 5.75 Å². The third kappa shape index (κ3) is 2.07. The molecule has 0 saturated heterocycles. The number of hydrogen-bond donors (Lipinski definition) is 2. The summed E-state index contributed by atoms with van der Waals surface area (Å²) in [7, 11) is 3.38. The molecule has 0 spiro atoms. The predicted molar refractivity (Wildman–Crippen MR) is 64.8 cm³/mol. The lowest BCUT2D eigenvalue weighted by atomic mass is 9.89. The van der Waals surface area contributed by atoms with Crippen LogP contribution in [0.15, 0.2) is 18.2 Å². The van der Waals surface area contributed by atoms with Gasteiger partial charge < -0.3 is 20.5 Å². The Hall–Kier alpha value is -1.42. The Kier molecular flexibility index (Phi) is 3.19. The Morgan fingerprint density at radius 2 is 2.06 bits per heavy atom. The Morgan fingerprint density at radius 1 is 1.31 bits per heavy atom. The van der Waals surface area contributed by atoms with Crippen molar-refractivity contribution >= 4 is 11.4 Å². The summed E-state index contributed by atoms with van der Waals surface area (Å²) in [6, 6.07) is 6.22. The van der Waals surface area contributed by atoms with E-state index in [-0.39, 0.29) is 0 Å². The highest BCUT2D eigenvalue weighted by Crippen LogP contribution is 2.33. The summed E-state index contributed by atoms with van der Waals surface area (Å²) in [5.41, 5.74) is 7.58. The third-order valence-corrected chi connectivity index (χ3v) is 3.07. The fraction of sp³-hybridized carbons (Fsp3) is 0.500. The molecule has 4 nitrogen and oxygen atoms in total. The van der Waals surface area contributed by atoms with Crippen LogP contribution in [-0.2, 0) is 4.74 Å². The zero-order chi connectivity index (χ0) is 11.5. The fourth-order valence-electron chi connectivity index (χ4n) is 1.94. The van der Waals surface area contributed by atoms with Crippen LogP contribution in [0.1, 0.15) is 12.8 Å². The first-order chi connectivity index (χ1) is 7.74. The number of nitrogens with one attached hydrogen (secondary N) is 1. The van der Waals surface area contributed by atoms with E-state index in [4.69, 9.17) is 15.2 Å². The Morgan fingerprint density at radius 3 is 2.69 bits per heavy atom. The van der Waals surface area contributed by atoms with Gasteiger partial charge in [-0.1, -0.05) is 6.07 Å². The highest BCUT2D eigenvalue weighted by Gasteiger charge is 2.29. The Labute approximate surface area is 95.7 Å². The largest absolute Gasteiger partial charge is 0.495 e. The van der Waals surface area contributed by atoms with Crippen LogP contribution in [0, 0.1) is 0 Å². The van der Waals surface area contributed by atoms with Crippen molar-refractivity contribution in [2.75, 3.05) is 25.3 Å². The maximum atomic E-state index is 5.97. The molecule has 2 rings (SSSR count). The minimum atomic E-state index is 0.393. The van der Waals surface area contributed by atoms with E-state index in [1.54, 1.807) is 14.2 Å². The van der Waals surface area contributed by atoms with Crippen LogP contribution in [-0.4, -0.2) is 26.4 Å². The van der Waals surface area contributed by atoms with Crippen LogP contribution in [0.3, 0.4) is 0 Å². The van der Waals surface area contributed by atoms with Gasteiger partial charge in [-0.3, -0.25) is 0 Å². The third-order valence-electron chi connectivity index (χ3n) is 3.07. The Balaban J connectivity index is 2.00. The quantitative estimate of drug-likeness (QED) is 0.763. The lowest BCUT2D eigenvalue weighted by Gasteiger charge is -2.35. The van der Waals surface area contributed by atoms with Crippen molar-refractivity contribution in [3.8, 4) is 5.75 Å². The fourth-order valence-corrected chi connectivity index (χ4v) is 1.94. The topological polar surface area (TPSA) is 56.5 Å². The van der Waals surface area contributed by atoms with Crippen molar-refractivity contribution in [3.63, 3.8) is 0 Å². The van der Waals surface area contributed by atoms with E-state index in [1.165, 1.54) is 0 Å². The lowest BCUT2D eigenvalue weighted by Crippen LogP contribution is -2.40. The minimum absolute atomic E-state index is 0.393. The highest BCUT2D eigenvalue weighted by atomic mass is 16.5. The first-order valence-corrected chi connectivity index (χ1v) is 5.46.